The predicted molar refractivity (Wildman–Crippen MR) is 134 cm³/mol. The van der Waals surface area contributed by atoms with E-state index in [1.54, 1.807) is 0 Å². The Bertz CT molecular complexity index is 1130. The van der Waals surface area contributed by atoms with Crippen LogP contribution in [-0.2, 0) is 14.3 Å². The van der Waals surface area contributed by atoms with Crippen LogP contribution in [-0.4, -0.2) is 95.0 Å². The number of amides is 10. The molecule has 41 heavy (non-hydrogen) atoms. The number of carbonyl (C=O) groups excluding carboxylic acids is 7. The highest BCUT2D eigenvalue weighted by atomic mass is 16.5. The zero-order valence-corrected chi connectivity index (χ0v) is 21.8. The first-order chi connectivity index (χ1) is 19.3. The molecule has 0 bridgehead atoms. The van der Waals surface area contributed by atoms with Crippen LogP contribution in [0.15, 0.2) is 24.3 Å². The summed E-state index contributed by atoms with van der Waals surface area (Å²) in [6.07, 6.45) is 0. The Kier molecular flexibility index (Phi) is 10.8. The van der Waals surface area contributed by atoms with Crippen molar-refractivity contribution in [2.45, 2.75) is 25.2 Å². The van der Waals surface area contributed by atoms with Crippen LogP contribution >= 0.6 is 0 Å². The van der Waals surface area contributed by atoms with Crippen molar-refractivity contribution in [2.24, 2.45) is 5.92 Å². The lowest BCUT2D eigenvalue weighted by Crippen LogP contribution is -2.66. The van der Waals surface area contributed by atoms with Gasteiger partial charge in [-0.1, -0.05) is 13.8 Å². The molecule has 224 valence electrons. The monoisotopic (exact) mass is 582 g/mol. The summed E-state index contributed by atoms with van der Waals surface area (Å²) in [6, 6.07) is 2.10. The van der Waals surface area contributed by atoms with E-state index in [0.717, 1.165) is 0 Å². The molecule has 2 saturated heterocycles. The number of carbonyl (C=O) groups is 7. The van der Waals surface area contributed by atoms with Gasteiger partial charge in [0, 0.05) is 0 Å². The van der Waals surface area contributed by atoms with Crippen LogP contribution in [0.3, 0.4) is 0 Å². The molecule has 2 unspecified atom stereocenters. The molecule has 2 atom stereocenters. The van der Waals surface area contributed by atoms with E-state index < -0.39 is 67.1 Å². The highest BCUT2D eigenvalue weighted by Crippen LogP contribution is 2.11. The lowest BCUT2D eigenvalue weighted by atomic mass is 10.2. The smallest absolute Gasteiger partial charge is 0.338 e. The zero-order valence-electron chi connectivity index (χ0n) is 21.8. The molecule has 1 aromatic rings. The Morgan fingerprint density at radius 2 is 1.27 bits per heavy atom. The molecule has 19 heteroatoms. The van der Waals surface area contributed by atoms with Gasteiger partial charge >= 0.3 is 30.1 Å². The van der Waals surface area contributed by atoms with Crippen molar-refractivity contribution < 1.29 is 53.6 Å². The maximum atomic E-state index is 11.8. The normalized spacial score (nSPS) is 20.9. The minimum atomic E-state index is -2.06. The SMILES string of the molecule is CC(C)COC(=O)c1ccc(O)cc1.O=C(NCNC(=O)NC1(CO)NC(=O)NC1=O)NC1(CO)NC(=O)NC1=O. The van der Waals surface area contributed by atoms with Crippen molar-refractivity contribution in [1.29, 1.82) is 0 Å². The predicted octanol–water partition coefficient (Wildman–Crippen LogP) is -3.20. The van der Waals surface area contributed by atoms with Gasteiger partial charge in [0.15, 0.2) is 0 Å². The van der Waals surface area contributed by atoms with E-state index in [1.807, 2.05) is 45.7 Å². The van der Waals surface area contributed by atoms with E-state index >= 15 is 0 Å². The number of aliphatic hydroxyl groups excluding tert-OH is 2. The molecule has 0 spiro atoms. The van der Waals surface area contributed by atoms with Crippen LogP contribution in [0.5, 0.6) is 5.75 Å². The van der Waals surface area contributed by atoms with Gasteiger partial charge in [-0.15, -0.1) is 0 Å². The van der Waals surface area contributed by atoms with E-state index in [2.05, 4.69) is 10.6 Å². The number of hydrogen-bond donors (Lipinski definition) is 11. The lowest BCUT2D eigenvalue weighted by molar-refractivity contribution is -0.126. The third-order valence-electron chi connectivity index (χ3n) is 5.16. The molecule has 2 aliphatic heterocycles. The highest BCUT2D eigenvalue weighted by Gasteiger charge is 2.48. The van der Waals surface area contributed by atoms with Crippen molar-refractivity contribution in [2.75, 3.05) is 26.5 Å². The quantitative estimate of drug-likeness (QED) is 0.0783. The second-order valence-corrected chi connectivity index (χ2v) is 8.92. The van der Waals surface area contributed by atoms with E-state index in [-0.39, 0.29) is 11.7 Å². The third kappa shape index (κ3) is 8.66. The number of imide groups is 2. The highest BCUT2D eigenvalue weighted by molar-refractivity contribution is 6.09. The Labute approximate surface area is 231 Å². The average molecular weight is 583 g/mol. The minimum absolute atomic E-state index is 0.144. The topological polar surface area (TPSA) is 286 Å². The van der Waals surface area contributed by atoms with Crippen molar-refractivity contribution in [3.63, 3.8) is 0 Å². The number of rotatable bonds is 9. The van der Waals surface area contributed by atoms with Crippen molar-refractivity contribution in [1.82, 2.24) is 42.5 Å². The van der Waals surface area contributed by atoms with Gasteiger partial charge in [-0.3, -0.25) is 20.2 Å². The first kappa shape index (κ1) is 32.0. The number of phenols is 1. The van der Waals surface area contributed by atoms with Gasteiger partial charge in [-0.25, -0.2) is 24.0 Å². The first-order valence-corrected chi connectivity index (χ1v) is 11.8. The molecular weight excluding hydrogens is 552 g/mol. The number of urea groups is 4. The molecule has 0 saturated carbocycles. The van der Waals surface area contributed by atoms with Crippen LogP contribution in [0.1, 0.15) is 24.2 Å². The van der Waals surface area contributed by atoms with Crippen LogP contribution in [0.4, 0.5) is 19.2 Å². The fourth-order valence-corrected chi connectivity index (χ4v) is 3.06. The van der Waals surface area contributed by atoms with Crippen molar-refractivity contribution >= 4 is 41.9 Å². The third-order valence-corrected chi connectivity index (χ3v) is 5.16. The second kappa shape index (κ2) is 13.8. The first-order valence-electron chi connectivity index (χ1n) is 11.8. The summed E-state index contributed by atoms with van der Waals surface area (Å²) in [4.78, 5) is 80.3. The lowest BCUT2D eigenvalue weighted by Gasteiger charge is -2.26. The Morgan fingerprint density at radius 3 is 1.61 bits per heavy atom. The molecule has 19 nitrogen and oxygen atoms in total. The van der Waals surface area contributed by atoms with Crippen molar-refractivity contribution in [3.8, 4) is 5.75 Å². The summed E-state index contributed by atoms with van der Waals surface area (Å²) in [7, 11) is 0. The van der Waals surface area contributed by atoms with Gasteiger partial charge in [0.25, 0.3) is 11.8 Å². The summed E-state index contributed by atoms with van der Waals surface area (Å²) >= 11 is 0. The minimum Gasteiger partial charge on any atom is -0.508 e. The molecule has 10 amide bonds. The molecule has 2 heterocycles. The summed E-state index contributed by atoms with van der Waals surface area (Å²) in [5, 5.41) is 43.4. The number of hydrogen-bond acceptors (Lipinski definition) is 11. The molecule has 11 N–H and O–H groups in total. The van der Waals surface area contributed by atoms with Gasteiger partial charge in [-0.2, -0.15) is 0 Å². The van der Waals surface area contributed by atoms with Gasteiger partial charge in [0.1, 0.15) is 5.75 Å². The zero-order chi connectivity index (χ0) is 30.8. The van der Waals surface area contributed by atoms with Crippen molar-refractivity contribution in [3.05, 3.63) is 29.8 Å². The summed E-state index contributed by atoms with van der Waals surface area (Å²) in [6.45, 7) is 1.99. The molecule has 0 aromatic heterocycles. The fourth-order valence-electron chi connectivity index (χ4n) is 3.06. The number of nitrogens with one attached hydrogen (secondary N) is 8. The van der Waals surface area contributed by atoms with Gasteiger partial charge < -0.3 is 52.0 Å². The largest absolute Gasteiger partial charge is 0.508 e. The van der Waals surface area contributed by atoms with Crippen LogP contribution in [0.25, 0.3) is 0 Å². The number of aromatic hydroxyl groups is 1. The van der Waals surface area contributed by atoms with Gasteiger partial charge in [-0.05, 0) is 30.2 Å². The fraction of sp³-hybridized carbons (Fsp3) is 0.409. The second-order valence-electron chi connectivity index (χ2n) is 8.92. The maximum Gasteiger partial charge on any atom is 0.338 e. The number of esters is 1. The van der Waals surface area contributed by atoms with Crippen LogP contribution < -0.4 is 42.5 Å². The summed E-state index contributed by atoms with van der Waals surface area (Å²) in [5.41, 5.74) is -3.66. The summed E-state index contributed by atoms with van der Waals surface area (Å²) in [5.74, 6) is -1.84. The molecular formula is C22H30N8O11. The molecule has 0 radical (unpaired) electrons. The Morgan fingerprint density at radius 1 is 0.829 bits per heavy atom. The van der Waals surface area contributed by atoms with Gasteiger partial charge in [0.05, 0.1) is 32.1 Å². The number of benzene rings is 1. The van der Waals surface area contributed by atoms with Crippen LogP contribution in [0, 0.1) is 5.92 Å². The molecule has 2 aliphatic rings. The molecule has 1 aromatic carbocycles. The molecule has 3 rings (SSSR count). The van der Waals surface area contributed by atoms with E-state index in [4.69, 9.17) is 9.84 Å². The number of aliphatic hydroxyl groups is 2. The Hall–Kier alpha value is -5.17. The Balaban J connectivity index is 0.000000353. The van der Waals surface area contributed by atoms with Crippen LogP contribution in [0.2, 0.25) is 0 Å². The maximum absolute atomic E-state index is 11.8. The summed E-state index contributed by atoms with van der Waals surface area (Å²) < 4.78 is 5.01. The molecule has 2 fully saturated rings. The number of phenolic OH excluding ortho intramolecular Hbond substituents is 1. The van der Waals surface area contributed by atoms with E-state index in [0.29, 0.717) is 18.1 Å². The molecule has 0 aliphatic carbocycles. The van der Waals surface area contributed by atoms with E-state index in [1.165, 1.54) is 24.3 Å². The van der Waals surface area contributed by atoms with Gasteiger partial charge in [0.2, 0.25) is 11.3 Å². The average Bonchev–Trinajstić information content (AvgIpc) is 3.35. The standard InChI is InChI=1S/C11H16N8O8.C11H14O3/c20-1-10(4(22)14-8(26)18-10)16-6(24)12-3-13-7(25)17-11(2-21)5(23)15-9(27)19-11;1-8(2)7-14-11(13)9-3-5-10(12)6-4-9/h20-21H,1-3H2,(H2,12,16,24)(H2,13,17,25)(H2,14,18,22,26)(H2,15,19,23,27);3-6,8,12H,7H2,1-2H3. The number of ether oxygens (including phenoxy) is 1. The van der Waals surface area contributed by atoms with E-state index in [9.17, 15) is 43.8 Å².